The highest BCUT2D eigenvalue weighted by Crippen LogP contribution is 2.31. The molecule has 8 heteroatoms. The van der Waals surface area contributed by atoms with Crippen molar-refractivity contribution in [3.63, 3.8) is 0 Å². The van der Waals surface area contributed by atoms with E-state index in [1.165, 1.54) is 27.8 Å². The Hall–Kier alpha value is -5.88. The molecule has 0 spiro atoms. The molecule has 0 fully saturated rings. The smallest absolute Gasteiger partial charge is 0.121 e. The van der Waals surface area contributed by atoms with Gasteiger partial charge in [-0.15, -0.1) is 0 Å². The summed E-state index contributed by atoms with van der Waals surface area (Å²) in [4.78, 5) is 2.72. The number of hydrogen-bond acceptors (Lipinski definition) is 5. The fraction of sp³-hybridized carbons (Fsp3) is 0.438. The van der Waals surface area contributed by atoms with E-state index in [4.69, 9.17) is 21.9 Å². The standard InChI is InChI=1S/C12H18O.2C11H16O.C10H13Cl.C10H13N3.C10H14O/c1-8-6-10(12(3,4)5)7-9(2)11(8)13;1-11(2,3)9-5-7-10(12-4)8-6-9;1-8-7-9(11(2,3)4)5-6-10(8)12;1-10(2,3)8-4-6-9(11)7-5-8;1-10(2,3)8-4-6-9(7-5-8)12-13-11;1-10(2,3)8-5-4-6-9(11)7-8/h6-7,13H,1-5H3;5-8H,1-4H3;5-7,12H,1-4H3;4-7H,1-3H3;4-7H,1-3H3;4-7,11H,1-3H3. The first-order valence-electron chi connectivity index (χ1n) is 24.8. The third-order valence-corrected chi connectivity index (χ3v) is 11.9. The molecule has 0 atom stereocenters. The zero-order valence-corrected chi connectivity index (χ0v) is 48.8. The Morgan fingerprint density at radius 2 is 0.778 bits per heavy atom. The predicted molar refractivity (Wildman–Crippen MR) is 310 cm³/mol. The van der Waals surface area contributed by atoms with E-state index in [0.717, 1.165) is 33.0 Å². The third-order valence-electron chi connectivity index (χ3n) is 11.7. The molecule has 0 aliphatic carbocycles. The maximum atomic E-state index is 9.60. The summed E-state index contributed by atoms with van der Waals surface area (Å²) < 4.78 is 5.08. The largest absolute Gasteiger partial charge is 0.508 e. The molecule has 72 heavy (non-hydrogen) atoms. The number of rotatable bonds is 2. The summed E-state index contributed by atoms with van der Waals surface area (Å²) in [6.45, 7) is 44.8. The molecule has 6 aromatic carbocycles. The van der Waals surface area contributed by atoms with Gasteiger partial charge in [-0.3, -0.25) is 0 Å². The Morgan fingerprint density at radius 1 is 0.431 bits per heavy atom. The van der Waals surface area contributed by atoms with Crippen LogP contribution in [0.1, 0.15) is 175 Å². The monoisotopic (exact) mass is 1000 g/mol. The number of aromatic hydroxyl groups is 3. The van der Waals surface area contributed by atoms with Crippen molar-refractivity contribution >= 4 is 17.3 Å². The van der Waals surface area contributed by atoms with Crippen molar-refractivity contribution < 1.29 is 20.1 Å². The first kappa shape index (κ1) is 64.1. The molecule has 0 amide bonds. The van der Waals surface area contributed by atoms with E-state index in [2.05, 4.69) is 171 Å². The number of benzene rings is 6. The minimum Gasteiger partial charge on any atom is -0.508 e. The van der Waals surface area contributed by atoms with Crippen LogP contribution in [-0.4, -0.2) is 22.4 Å². The fourth-order valence-electron chi connectivity index (χ4n) is 6.60. The number of azide groups is 1. The van der Waals surface area contributed by atoms with Crippen molar-refractivity contribution in [1.82, 2.24) is 0 Å². The molecule has 0 saturated heterocycles. The second-order valence-corrected chi connectivity index (χ2v) is 24.9. The van der Waals surface area contributed by atoms with Gasteiger partial charge in [-0.2, -0.15) is 0 Å². The maximum absolute atomic E-state index is 9.60. The van der Waals surface area contributed by atoms with Crippen LogP contribution in [0.5, 0.6) is 23.0 Å². The maximum Gasteiger partial charge on any atom is 0.121 e. The van der Waals surface area contributed by atoms with Crippen molar-refractivity contribution in [2.45, 2.75) is 178 Å². The van der Waals surface area contributed by atoms with Crippen molar-refractivity contribution in [3.8, 4) is 23.0 Å². The highest BCUT2D eigenvalue weighted by atomic mass is 35.5. The molecule has 6 rings (SSSR count). The van der Waals surface area contributed by atoms with Gasteiger partial charge in [-0.1, -0.05) is 226 Å². The molecular formula is C64H90ClN3O4. The van der Waals surface area contributed by atoms with Crippen LogP contribution < -0.4 is 4.74 Å². The second kappa shape index (κ2) is 27.3. The summed E-state index contributed by atoms with van der Waals surface area (Å²) in [6, 6.07) is 41.2. The van der Waals surface area contributed by atoms with E-state index in [9.17, 15) is 15.3 Å². The van der Waals surface area contributed by atoms with Crippen molar-refractivity contribution in [2.24, 2.45) is 5.11 Å². The summed E-state index contributed by atoms with van der Waals surface area (Å²) in [5.74, 6) is 2.07. The van der Waals surface area contributed by atoms with E-state index >= 15 is 0 Å². The Labute approximate surface area is 441 Å². The molecular weight excluding hydrogens is 910 g/mol. The average Bonchev–Trinajstić information content (AvgIpc) is 3.26. The van der Waals surface area contributed by atoms with Gasteiger partial charge in [0.25, 0.3) is 0 Å². The van der Waals surface area contributed by atoms with Crippen LogP contribution in [0.3, 0.4) is 0 Å². The summed E-state index contributed by atoms with van der Waals surface area (Å²) in [6.07, 6.45) is 0. The zero-order valence-electron chi connectivity index (χ0n) is 48.1. The Bertz CT molecular complexity index is 2580. The Morgan fingerprint density at radius 3 is 1.11 bits per heavy atom. The number of nitrogens with zero attached hydrogens (tertiary/aromatic N) is 3. The summed E-state index contributed by atoms with van der Waals surface area (Å²) in [5, 5.41) is 32.4. The lowest BCUT2D eigenvalue weighted by atomic mass is 9.85. The number of phenols is 3. The molecule has 0 aromatic heterocycles. The van der Waals surface area contributed by atoms with Gasteiger partial charge in [0.05, 0.1) is 7.11 Å². The van der Waals surface area contributed by atoms with Gasteiger partial charge in [-0.25, -0.2) is 0 Å². The van der Waals surface area contributed by atoms with Gasteiger partial charge < -0.3 is 20.1 Å². The molecule has 6 aromatic rings. The van der Waals surface area contributed by atoms with Crippen LogP contribution >= 0.6 is 11.6 Å². The number of hydrogen-bond donors (Lipinski definition) is 3. The van der Waals surface area contributed by atoms with Crippen molar-refractivity contribution in [2.75, 3.05) is 7.11 Å². The van der Waals surface area contributed by atoms with Crippen molar-refractivity contribution in [1.29, 1.82) is 0 Å². The lowest BCUT2D eigenvalue weighted by Crippen LogP contribution is -2.11. The van der Waals surface area contributed by atoms with Crippen LogP contribution in [0.15, 0.2) is 133 Å². The highest BCUT2D eigenvalue weighted by Gasteiger charge is 2.18. The van der Waals surface area contributed by atoms with Crippen LogP contribution in [0.4, 0.5) is 5.69 Å². The van der Waals surface area contributed by atoms with Gasteiger partial charge >= 0.3 is 0 Å². The van der Waals surface area contributed by atoms with Gasteiger partial charge in [-0.05, 0) is 151 Å². The van der Waals surface area contributed by atoms with Crippen molar-refractivity contribution in [3.05, 3.63) is 193 Å². The van der Waals surface area contributed by atoms with Crippen LogP contribution in [-0.2, 0) is 32.5 Å². The first-order chi connectivity index (χ1) is 32.8. The summed E-state index contributed by atoms with van der Waals surface area (Å²) >= 11 is 5.76. The topological polar surface area (TPSA) is 119 Å². The Balaban J connectivity index is 0.000000432. The van der Waals surface area contributed by atoms with E-state index in [0.29, 0.717) is 22.9 Å². The van der Waals surface area contributed by atoms with Crippen LogP contribution in [0.2, 0.25) is 5.02 Å². The van der Waals surface area contributed by atoms with Crippen LogP contribution in [0.25, 0.3) is 10.4 Å². The molecule has 0 aliphatic rings. The molecule has 392 valence electrons. The van der Waals surface area contributed by atoms with E-state index < -0.39 is 0 Å². The normalized spacial score (nSPS) is 11.4. The lowest BCUT2D eigenvalue weighted by Gasteiger charge is -2.20. The molecule has 0 bridgehead atoms. The zero-order chi connectivity index (χ0) is 55.6. The number of methoxy groups -OCH3 is 1. The Kier molecular flexibility index (Phi) is 24.3. The fourth-order valence-corrected chi connectivity index (χ4v) is 6.73. The molecule has 7 nitrogen and oxygen atoms in total. The molecule has 0 heterocycles. The third kappa shape index (κ3) is 23.6. The van der Waals surface area contributed by atoms with Gasteiger partial charge in [0.1, 0.15) is 23.0 Å². The molecule has 0 saturated carbocycles. The molecule has 0 aliphatic heterocycles. The van der Waals surface area contributed by atoms with E-state index in [1.807, 2.05) is 93.6 Å². The second-order valence-electron chi connectivity index (χ2n) is 24.5. The van der Waals surface area contributed by atoms with Gasteiger partial charge in [0, 0.05) is 15.6 Å². The SMILES string of the molecule is CC(C)(C)c1ccc(Cl)cc1.CC(C)(C)c1ccc(N=[N+]=[N-])cc1.CC(C)(C)c1cccc(O)c1.COc1ccc(C(C)(C)C)cc1.Cc1cc(C(C)(C)C)cc(C)c1O.Cc1cc(C(C)(C)C)ccc1O. The van der Waals surface area contributed by atoms with Gasteiger partial charge in [0.2, 0.25) is 0 Å². The summed E-state index contributed by atoms with van der Waals surface area (Å²) in [7, 11) is 1.69. The van der Waals surface area contributed by atoms with Gasteiger partial charge in [0.15, 0.2) is 0 Å². The highest BCUT2D eigenvalue weighted by molar-refractivity contribution is 6.30. The molecule has 0 radical (unpaired) electrons. The van der Waals surface area contributed by atoms with E-state index in [-0.39, 0.29) is 32.5 Å². The molecule has 3 N–H and O–H groups in total. The number of halogens is 1. The number of phenolic OH excluding ortho intramolecular Hbond substituents is 3. The quantitative estimate of drug-likeness (QED) is 0.0909. The minimum atomic E-state index is 0.124. The number of aryl methyl sites for hydroxylation is 3. The predicted octanol–water partition coefficient (Wildman–Crippen LogP) is 19.6. The average molecular weight is 1000 g/mol. The molecule has 0 unspecified atom stereocenters. The van der Waals surface area contributed by atoms with E-state index in [1.54, 1.807) is 25.3 Å². The number of ether oxygens (including phenoxy) is 1. The lowest BCUT2D eigenvalue weighted by molar-refractivity contribution is 0.414. The summed E-state index contributed by atoms with van der Waals surface area (Å²) in [5.41, 5.74) is 20.4. The minimum absolute atomic E-state index is 0.124. The first-order valence-corrected chi connectivity index (χ1v) is 25.2. The van der Waals surface area contributed by atoms with Crippen LogP contribution in [0, 0.1) is 20.8 Å².